The summed E-state index contributed by atoms with van der Waals surface area (Å²) in [4.78, 5) is 31.9. The Morgan fingerprint density at radius 3 is 2.58 bits per heavy atom. The number of hydrogen-bond acceptors (Lipinski definition) is 4. The van der Waals surface area contributed by atoms with Gasteiger partial charge in [-0.15, -0.1) is 0 Å². The number of nitrogens with one attached hydrogen (secondary N) is 2. The number of rotatable bonds is 4. The van der Waals surface area contributed by atoms with E-state index in [1.165, 1.54) is 4.68 Å². The standard InChI is InChI=1S/C18H18BrN5O2/c1-4-14-11(3)20-18(22-17(14)26)24-15(9-10(2)23-24)21-16(25)12-5-7-13(19)8-6-12/h5-9H,4H2,1-3H3,(H,21,25)(H,20,22,26). The Labute approximate surface area is 158 Å². The zero-order valence-electron chi connectivity index (χ0n) is 14.6. The molecule has 7 nitrogen and oxygen atoms in total. The summed E-state index contributed by atoms with van der Waals surface area (Å²) in [5.74, 6) is 0.425. The van der Waals surface area contributed by atoms with E-state index in [-0.39, 0.29) is 17.4 Å². The number of amides is 1. The first-order valence-corrected chi connectivity index (χ1v) is 8.92. The molecule has 0 spiro atoms. The molecule has 3 aromatic rings. The number of carbonyl (C=O) groups excluding carboxylic acids is 1. The molecule has 0 radical (unpaired) electrons. The Morgan fingerprint density at radius 2 is 1.96 bits per heavy atom. The molecule has 2 N–H and O–H groups in total. The summed E-state index contributed by atoms with van der Waals surface area (Å²) in [6.45, 7) is 5.49. The van der Waals surface area contributed by atoms with Gasteiger partial charge < -0.3 is 5.32 Å². The second-order valence-electron chi connectivity index (χ2n) is 5.85. The highest BCUT2D eigenvalue weighted by Gasteiger charge is 2.15. The van der Waals surface area contributed by atoms with E-state index in [0.29, 0.717) is 34.8 Å². The number of nitrogens with zero attached hydrogens (tertiary/aromatic N) is 3. The van der Waals surface area contributed by atoms with Gasteiger partial charge in [0.05, 0.1) is 5.69 Å². The van der Waals surface area contributed by atoms with Gasteiger partial charge in [0.15, 0.2) is 0 Å². The summed E-state index contributed by atoms with van der Waals surface area (Å²) in [6.07, 6.45) is 0.597. The van der Waals surface area contributed by atoms with Crippen LogP contribution in [0.25, 0.3) is 5.95 Å². The molecule has 0 fully saturated rings. The van der Waals surface area contributed by atoms with Gasteiger partial charge in [0.1, 0.15) is 5.82 Å². The highest BCUT2D eigenvalue weighted by atomic mass is 79.9. The number of carbonyl (C=O) groups is 1. The SMILES string of the molecule is CCc1c(C)nc(-n2nc(C)cc2NC(=O)c2ccc(Br)cc2)[nH]c1=O. The maximum atomic E-state index is 12.5. The van der Waals surface area contributed by atoms with E-state index in [4.69, 9.17) is 0 Å². The van der Waals surface area contributed by atoms with Gasteiger partial charge >= 0.3 is 0 Å². The maximum Gasteiger partial charge on any atom is 0.256 e. The van der Waals surface area contributed by atoms with Crippen LogP contribution < -0.4 is 10.9 Å². The lowest BCUT2D eigenvalue weighted by molar-refractivity contribution is 0.102. The predicted octanol–water partition coefficient (Wildman–Crippen LogP) is 3.15. The van der Waals surface area contributed by atoms with E-state index in [9.17, 15) is 9.59 Å². The fourth-order valence-electron chi connectivity index (χ4n) is 2.65. The Hall–Kier alpha value is -2.74. The zero-order chi connectivity index (χ0) is 18.8. The molecule has 8 heteroatoms. The first-order valence-electron chi connectivity index (χ1n) is 8.12. The topological polar surface area (TPSA) is 92.7 Å². The second kappa shape index (κ2) is 7.25. The van der Waals surface area contributed by atoms with Gasteiger partial charge in [-0.05, 0) is 44.5 Å². The number of hydrogen-bond donors (Lipinski definition) is 2. The van der Waals surface area contributed by atoms with Crippen molar-refractivity contribution in [1.82, 2.24) is 19.7 Å². The van der Waals surface area contributed by atoms with Gasteiger partial charge in [0.2, 0.25) is 5.95 Å². The van der Waals surface area contributed by atoms with E-state index >= 15 is 0 Å². The van der Waals surface area contributed by atoms with E-state index in [1.807, 2.05) is 6.92 Å². The summed E-state index contributed by atoms with van der Waals surface area (Å²) in [5, 5.41) is 7.16. The first kappa shape index (κ1) is 18.1. The molecule has 0 saturated heterocycles. The van der Waals surface area contributed by atoms with Crippen LogP contribution in [0.2, 0.25) is 0 Å². The van der Waals surface area contributed by atoms with Crippen molar-refractivity contribution in [3.63, 3.8) is 0 Å². The van der Waals surface area contributed by atoms with Crippen LogP contribution in [0.1, 0.15) is 34.2 Å². The van der Waals surface area contributed by atoms with Crippen molar-refractivity contribution in [2.45, 2.75) is 27.2 Å². The van der Waals surface area contributed by atoms with Gasteiger partial charge in [-0.2, -0.15) is 9.78 Å². The lowest BCUT2D eigenvalue weighted by atomic mass is 10.2. The second-order valence-corrected chi connectivity index (χ2v) is 6.77. The summed E-state index contributed by atoms with van der Waals surface area (Å²) < 4.78 is 2.32. The molecule has 134 valence electrons. The molecule has 3 rings (SSSR count). The quantitative estimate of drug-likeness (QED) is 0.684. The molecule has 26 heavy (non-hydrogen) atoms. The molecule has 0 aliphatic heterocycles. The minimum absolute atomic E-state index is 0.201. The van der Waals surface area contributed by atoms with Crippen molar-refractivity contribution in [3.05, 3.63) is 67.7 Å². The van der Waals surface area contributed by atoms with Crippen molar-refractivity contribution in [2.75, 3.05) is 5.32 Å². The third-order valence-corrected chi connectivity index (χ3v) is 4.47. The van der Waals surface area contributed by atoms with Crippen molar-refractivity contribution < 1.29 is 4.79 Å². The average molecular weight is 416 g/mol. The highest BCUT2D eigenvalue weighted by molar-refractivity contribution is 9.10. The van der Waals surface area contributed by atoms with Crippen molar-refractivity contribution in [3.8, 4) is 5.95 Å². The number of halogens is 1. The number of anilines is 1. The van der Waals surface area contributed by atoms with Gasteiger partial charge in [-0.25, -0.2) is 4.98 Å². The summed E-state index contributed by atoms with van der Waals surface area (Å²) >= 11 is 3.34. The Kier molecular flexibility index (Phi) is 5.03. The van der Waals surface area contributed by atoms with E-state index in [1.54, 1.807) is 44.2 Å². The number of H-pyrrole nitrogens is 1. The average Bonchev–Trinajstić information content (AvgIpc) is 2.95. The highest BCUT2D eigenvalue weighted by Crippen LogP contribution is 2.17. The zero-order valence-corrected chi connectivity index (χ0v) is 16.2. The molecular weight excluding hydrogens is 398 g/mol. The third-order valence-electron chi connectivity index (χ3n) is 3.94. The molecule has 2 aromatic heterocycles. The third kappa shape index (κ3) is 3.60. The minimum atomic E-state index is -0.275. The lowest BCUT2D eigenvalue weighted by Gasteiger charge is -2.10. The number of aryl methyl sites for hydroxylation is 2. The van der Waals surface area contributed by atoms with E-state index in [0.717, 1.165) is 4.47 Å². The van der Waals surface area contributed by atoms with Crippen LogP contribution in [0.5, 0.6) is 0 Å². The normalized spacial score (nSPS) is 10.8. The van der Waals surface area contributed by atoms with E-state index in [2.05, 4.69) is 36.3 Å². The van der Waals surface area contributed by atoms with Crippen LogP contribution in [0.15, 0.2) is 39.6 Å². The largest absolute Gasteiger partial charge is 0.306 e. The fraction of sp³-hybridized carbons (Fsp3) is 0.222. The van der Waals surface area contributed by atoms with Gasteiger partial charge in [0.25, 0.3) is 11.5 Å². The van der Waals surface area contributed by atoms with Gasteiger partial charge in [-0.1, -0.05) is 22.9 Å². The molecule has 0 atom stereocenters. The molecule has 0 saturated carbocycles. The Balaban J connectivity index is 1.97. The fourth-order valence-corrected chi connectivity index (χ4v) is 2.92. The summed E-state index contributed by atoms with van der Waals surface area (Å²) in [5.41, 5.74) is 2.28. The molecule has 1 aromatic carbocycles. The van der Waals surface area contributed by atoms with Crippen LogP contribution in [-0.2, 0) is 6.42 Å². The van der Waals surface area contributed by atoms with Crippen LogP contribution in [0.3, 0.4) is 0 Å². The van der Waals surface area contributed by atoms with Crippen LogP contribution >= 0.6 is 15.9 Å². The number of aromatic amines is 1. The van der Waals surface area contributed by atoms with Crippen LogP contribution in [0.4, 0.5) is 5.82 Å². The molecule has 0 aliphatic rings. The first-order chi connectivity index (χ1) is 12.4. The monoisotopic (exact) mass is 415 g/mol. The summed E-state index contributed by atoms with van der Waals surface area (Å²) in [7, 11) is 0. The van der Waals surface area contributed by atoms with Gasteiger partial charge in [-0.3, -0.25) is 14.6 Å². The minimum Gasteiger partial charge on any atom is -0.306 e. The summed E-state index contributed by atoms with van der Waals surface area (Å²) in [6, 6.07) is 8.74. The predicted molar refractivity (Wildman–Crippen MR) is 103 cm³/mol. The smallest absolute Gasteiger partial charge is 0.256 e. The van der Waals surface area contributed by atoms with Gasteiger partial charge in [0, 0.05) is 27.4 Å². The Bertz CT molecular complexity index is 1020. The molecular formula is C18H18BrN5O2. The van der Waals surface area contributed by atoms with Crippen molar-refractivity contribution in [2.24, 2.45) is 0 Å². The molecule has 2 heterocycles. The van der Waals surface area contributed by atoms with Crippen molar-refractivity contribution in [1.29, 1.82) is 0 Å². The Morgan fingerprint density at radius 1 is 1.27 bits per heavy atom. The van der Waals surface area contributed by atoms with Crippen LogP contribution in [-0.4, -0.2) is 25.7 Å². The number of aromatic nitrogens is 4. The molecule has 0 aliphatic carbocycles. The lowest BCUT2D eigenvalue weighted by Crippen LogP contribution is -2.21. The number of benzene rings is 1. The van der Waals surface area contributed by atoms with Crippen LogP contribution in [0, 0.1) is 13.8 Å². The molecule has 0 bridgehead atoms. The molecule has 1 amide bonds. The molecule has 0 unspecified atom stereocenters. The maximum absolute atomic E-state index is 12.5. The van der Waals surface area contributed by atoms with E-state index < -0.39 is 0 Å². The van der Waals surface area contributed by atoms with Crippen molar-refractivity contribution >= 4 is 27.7 Å².